The maximum atomic E-state index is 9.48. The van der Waals surface area contributed by atoms with Gasteiger partial charge >= 0.3 is 0 Å². The van der Waals surface area contributed by atoms with Crippen molar-refractivity contribution in [2.75, 3.05) is 13.2 Å². The van der Waals surface area contributed by atoms with Crippen molar-refractivity contribution in [3.8, 4) is 0 Å². The predicted molar refractivity (Wildman–Crippen MR) is 62.7 cm³/mol. The van der Waals surface area contributed by atoms with E-state index in [4.69, 9.17) is 15.6 Å². The Morgan fingerprint density at radius 1 is 1.44 bits per heavy atom. The number of aliphatic hydroxyl groups excluding tert-OH is 1. The summed E-state index contributed by atoms with van der Waals surface area (Å²) in [6, 6.07) is 9.91. The second-order valence-corrected chi connectivity index (χ2v) is 5.30. The van der Waals surface area contributed by atoms with Gasteiger partial charge in [-0.3, -0.25) is 0 Å². The van der Waals surface area contributed by atoms with Crippen molar-refractivity contribution in [1.82, 2.24) is 0 Å². The largest absolute Gasteiger partial charge is 0.393 e. The summed E-state index contributed by atoms with van der Waals surface area (Å²) in [5.74, 6) is -0.643. The van der Waals surface area contributed by atoms with Crippen LogP contribution in [-0.4, -0.2) is 35.8 Å². The van der Waals surface area contributed by atoms with E-state index in [2.05, 4.69) is 0 Å². The van der Waals surface area contributed by atoms with E-state index in [1.165, 1.54) is 0 Å². The molecule has 1 aromatic carbocycles. The van der Waals surface area contributed by atoms with Gasteiger partial charge in [-0.25, -0.2) is 0 Å². The average Bonchev–Trinajstić information content (AvgIpc) is 2.52. The zero-order chi connectivity index (χ0) is 13.1. The minimum absolute atomic E-state index is 0.00351. The van der Waals surface area contributed by atoms with Crippen LogP contribution in [0, 0.1) is 5.92 Å². The molecular formula is C14H16O4. The first-order chi connectivity index (χ1) is 9.19. The van der Waals surface area contributed by atoms with Gasteiger partial charge in [0.15, 0.2) is 5.79 Å². The van der Waals surface area contributed by atoms with E-state index in [1.54, 1.807) is 0 Å². The van der Waals surface area contributed by atoms with Crippen molar-refractivity contribution in [2.45, 2.75) is 30.5 Å². The highest BCUT2D eigenvalue weighted by atomic mass is 16.8. The maximum Gasteiger partial charge on any atom is 0.180 e. The molecule has 2 heterocycles. The molecule has 1 aromatic rings. The molecule has 5 atom stereocenters. The van der Waals surface area contributed by atoms with Gasteiger partial charge in [-0.15, -0.1) is 0 Å². The summed E-state index contributed by atoms with van der Waals surface area (Å²) in [5, 5.41) is 9.48. The highest BCUT2D eigenvalue weighted by molar-refractivity contribution is 5.23. The molecule has 3 aliphatic rings. The number of benzene rings is 1. The number of hydrogen-bond acceptors (Lipinski definition) is 4. The lowest BCUT2D eigenvalue weighted by Gasteiger charge is -2.64. The first-order valence-corrected chi connectivity index (χ1v) is 6.26. The van der Waals surface area contributed by atoms with Gasteiger partial charge in [0.2, 0.25) is 0 Å². The Bertz CT molecular complexity index is 495. The molecule has 2 aliphatic heterocycles. The van der Waals surface area contributed by atoms with Crippen LogP contribution >= 0.6 is 0 Å². The van der Waals surface area contributed by atoms with Crippen molar-refractivity contribution in [1.29, 1.82) is 0 Å². The van der Waals surface area contributed by atoms with Crippen LogP contribution in [0.2, 0.25) is 0 Å². The molecule has 18 heavy (non-hydrogen) atoms. The molecule has 4 nitrogen and oxygen atoms in total. The lowest BCUT2D eigenvalue weighted by Crippen LogP contribution is -2.78. The molecule has 0 bridgehead atoms. The van der Waals surface area contributed by atoms with Gasteiger partial charge in [0.1, 0.15) is 5.60 Å². The van der Waals surface area contributed by atoms with Crippen LogP contribution in [0.15, 0.2) is 30.3 Å². The third kappa shape index (κ3) is 1.24. The second kappa shape index (κ2) is 3.54. The predicted octanol–water partition coefficient (Wildman–Crippen LogP) is 1.08. The SMILES string of the molecule is [3H]C1O[C@@]2(CO)CC3(OCc4ccccc4)O[C@H]1C32. The Balaban J connectivity index is 1.47. The van der Waals surface area contributed by atoms with E-state index in [9.17, 15) is 5.11 Å². The summed E-state index contributed by atoms with van der Waals surface area (Å²) in [5.41, 5.74) is 0.484. The Kier molecular flexibility index (Phi) is 1.95. The van der Waals surface area contributed by atoms with Crippen molar-refractivity contribution >= 4 is 0 Å². The van der Waals surface area contributed by atoms with Gasteiger partial charge in [0.05, 0.1) is 33.2 Å². The fourth-order valence-corrected chi connectivity index (χ4v) is 3.37. The van der Waals surface area contributed by atoms with Gasteiger partial charge in [-0.1, -0.05) is 30.3 Å². The monoisotopic (exact) mass is 250 g/mol. The first kappa shape index (κ1) is 9.92. The van der Waals surface area contributed by atoms with Gasteiger partial charge in [0.25, 0.3) is 0 Å². The van der Waals surface area contributed by atoms with E-state index in [0.717, 1.165) is 5.56 Å². The molecule has 0 amide bonds. The average molecular weight is 250 g/mol. The van der Waals surface area contributed by atoms with Crippen molar-refractivity contribution in [2.24, 2.45) is 5.92 Å². The van der Waals surface area contributed by atoms with E-state index < -0.39 is 18.0 Å². The molecule has 0 radical (unpaired) electrons. The highest BCUT2D eigenvalue weighted by Gasteiger charge is 2.79. The van der Waals surface area contributed by atoms with Crippen molar-refractivity contribution in [3.05, 3.63) is 35.9 Å². The van der Waals surface area contributed by atoms with Crippen LogP contribution in [0.1, 0.15) is 13.4 Å². The lowest BCUT2D eigenvalue weighted by atomic mass is 9.59. The first-order valence-electron chi connectivity index (χ1n) is 6.83. The van der Waals surface area contributed by atoms with Gasteiger partial charge in [0, 0.05) is 6.42 Å². The zero-order valence-corrected chi connectivity index (χ0v) is 9.91. The van der Waals surface area contributed by atoms with Crippen LogP contribution in [0.5, 0.6) is 0 Å². The van der Waals surface area contributed by atoms with Crippen LogP contribution in [0.25, 0.3) is 0 Å². The highest BCUT2D eigenvalue weighted by Crippen LogP contribution is 2.65. The molecule has 3 fully saturated rings. The minimum atomic E-state index is -0.701. The molecule has 1 saturated carbocycles. The van der Waals surface area contributed by atoms with Gasteiger partial charge in [-0.05, 0) is 5.56 Å². The van der Waals surface area contributed by atoms with E-state index >= 15 is 0 Å². The molecule has 2 saturated heterocycles. The summed E-state index contributed by atoms with van der Waals surface area (Å²) in [6.45, 7) is -0.287. The van der Waals surface area contributed by atoms with Crippen LogP contribution in [-0.2, 0) is 20.8 Å². The topological polar surface area (TPSA) is 47.9 Å². The molecule has 4 rings (SSSR count). The number of hydrogen-bond donors (Lipinski definition) is 1. The van der Waals surface area contributed by atoms with Crippen LogP contribution in [0.4, 0.5) is 0 Å². The molecule has 0 aromatic heterocycles. The molecule has 0 spiro atoms. The van der Waals surface area contributed by atoms with E-state index in [1.807, 2.05) is 30.3 Å². The molecule has 4 heteroatoms. The molecular weight excluding hydrogens is 232 g/mol. The molecule has 1 N–H and O–H groups in total. The van der Waals surface area contributed by atoms with Crippen molar-refractivity contribution in [3.63, 3.8) is 0 Å². The smallest absolute Gasteiger partial charge is 0.180 e. The minimum Gasteiger partial charge on any atom is -0.393 e. The van der Waals surface area contributed by atoms with Gasteiger partial charge in [-0.2, -0.15) is 0 Å². The van der Waals surface area contributed by atoms with Crippen LogP contribution in [0.3, 0.4) is 0 Å². The Morgan fingerprint density at radius 2 is 2.28 bits per heavy atom. The van der Waals surface area contributed by atoms with Gasteiger partial charge < -0.3 is 19.3 Å². The third-order valence-corrected chi connectivity index (χ3v) is 4.28. The fraction of sp³-hybridized carbons (Fsp3) is 0.571. The second-order valence-electron chi connectivity index (χ2n) is 5.30. The number of aliphatic hydroxyl groups is 1. The summed E-state index contributed by atoms with van der Waals surface area (Å²) >= 11 is 0. The number of ether oxygens (including phenoxy) is 3. The summed E-state index contributed by atoms with van der Waals surface area (Å²) < 4.78 is 25.0. The standard InChI is InChI=1S/C14H16O4/c15-9-13-8-14(12(13)11(18-14)7-16-13)17-6-10-4-2-1-3-5-10/h1-5,11-12,15H,6-9H2/t11-,12?,13-,14?/m1/s1/i7T/t7?,11-,12?,13-,14?. The fourth-order valence-electron chi connectivity index (χ4n) is 3.37. The normalized spacial score (nSPS) is 48.9. The summed E-state index contributed by atoms with van der Waals surface area (Å²) in [4.78, 5) is 0. The van der Waals surface area contributed by atoms with Crippen molar-refractivity contribution < 1.29 is 20.7 Å². The van der Waals surface area contributed by atoms with E-state index in [-0.39, 0.29) is 18.6 Å². The zero-order valence-electron chi connectivity index (χ0n) is 10.9. The molecule has 1 aliphatic carbocycles. The lowest BCUT2D eigenvalue weighted by molar-refractivity contribution is -0.450. The number of rotatable bonds is 4. The Hall–Kier alpha value is -0.940. The molecule has 3 unspecified atom stereocenters. The maximum absolute atomic E-state index is 9.48. The molecule has 96 valence electrons. The Labute approximate surface area is 107 Å². The summed E-state index contributed by atoms with van der Waals surface area (Å²) in [7, 11) is 0. The Morgan fingerprint density at radius 3 is 3.06 bits per heavy atom. The third-order valence-electron chi connectivity index (χ3n) is 4.28. The van der Waals surface area contributed by atoms with E-state index in [0.29, 0.717) is 13.0 Å². The summed E-state index contributed by atoms with van der Waals surface area (Å²) in [6.07, 6.45) is 0.261. The van der Waals surface area contributed by atoms with Crippen LogP contribution < -0.4 is 0 Å². The quantitative estimate of drug-likeness (QED) is 0.868.